The number of nitriles is 1. The lowest BCUT2D eigenvalue weighted by Crippen LogP contribution is -2.04. The van der Waals surface area contributed by atoms with Crippen LogP contribution in [0, 0.1) is 23.2 Å². The van der Waals surface area contributed by atoms with Gasteiger partial charge in [-0.05, 0) is 30.3 Å². The Labute approximate surface area is 125 Å². The highest BCUT2D eigenvalue weighted by Crippen LogP contribution is 2.29. The van der Waals surface area contributed by atoms with Gasteiger partial charge in [0.1, 0.15) is 6.07 Å². The van der Waals surface area contributed by atoms with Crippen LogP contribution in [0.4, 0.5) is 13.2 Å². The first-order chi connectivity index (χ1) is 10.5. The summed E-state index contributed by atoms with van der Waals surface area (Å²) in [6.07, 6.45) is -1.53. The number of pyridine rings is 1. The third-order valence-electron chi connectivity index (χ3n) is 2.68. The zero-order valence-corrected chi connectivity index (χ0v) is 11.2. The van der Waals surface area contributed by atoms with Crippen LogP contribution in [0.3, 0.4) is 0 Å². The molecule has 2 nitrogen and oxygen atoms in total. The van der Waals surface area contributed by atoms with Crippen LogP contribution in [0.2, 0.25) is 0 Å². The van der Waals surface area contributed by atoms with Crippen molar-refractivity contribution in [1.82, 2.24) is 4.98 Å². The lowest BCUT2D eigenvalue weighted by atomic mass is 10.1. The Bertz CT molecular complexity index is 788. The van der Waals surface area contributed by atoms with E-state index in [-0.39, 0.29) is 11.1 Å². The fourth-order valence-corrected chi connectivity index (χ4v) is 1.65. The van der Waals surface area contributed by atoms with Gasteiger partial charge in [0.15, 0.2) is 0 Å². The van der Waals surface area contributed by atoms with Crippen molar-refractivity contribution in [3.05, 3.63) is 71.6 Å². The minimum atomic E-state index is -4.40. The van der Waals surface area contributed by atoms with Crippen molar-refractivity contribution in [1.29, 1.82) is 5.26 Å². The fraction of sp³-hybridized carbons (Fsp3) is 0.0588. The van der Waals surface area contributed by atoms with E-state index in [0.29, 0.717) is 5.69 Å². The minimum Gasteiger partial charge on any atom is -0.255 e. The van der Waals surface area contributed by atoms with E-state index in [1.807, 2.05) is 6.07 Å². The van der Waals surface area contributed by atoms with Crippen molar-refractivity contribution in [3.63, 3.8) is 0 Å². The van der Waals surface area contributed by atoms with Gasteiger partial charge in [0.05, 0.1) is 16.8 Å². The van der Waals surface area contributed by atoms with E-state index in [2.05, 4.69) is 16.8 Å². The van der Waals surface area contributed by atoms with Crippen LogP contribution in [-0.2, 0) is 6.18 Å². The third kappa shape index (κ3) is 3.97. The van der Waals surface area contributed by atoms with E-state index in [1.54, 1.807) is 24.4 Å². The Kier molecular flexibility index (Phi) is 4.60. The van der Waals surface area contributed by atoms with Gasteiger partial charge in [0, 0.05) is 17.8 Å². The molecule has 0 atom stereocenters. The fourth-order valence-electron chi connectivity index (χ4n) is 1.65. The summed E-state index contributed by atoms with van der Waals surface area (Å²) >= 11 is 0. The minimum absolute atomic E-state index is 0.226. The average Bonchev–Trinajstić information content (AvgIpc) is 2.52. The van der Waals surface area contributed by atoms with E-state index < -0.39 is 11.7 Å². The van der Waals surface area contributed by atoms with Crippen molar-refractivity contribution in [3.8, 4) is 17.9 Å². The second kappa shape index (κ2) is 6.60. The number of allylic oxidation sites excluding steroid dienone is 2. The van der Waals surface area contributed by atoms with Crippen LogP contribution in [0.1, 0.15) is 16.8 Å². The summed E-state index contributed by atoms with van der Waals surface area (Å²) in [4.78, 5) is 4.01. The topological polar surface area (TPSA) is 36.7 Å². The predicted octanol–water partition coefficient (Wildman–Crippen LogP) is 4.06. The maximum absolute atomic E-state index is 12.6. The van der Waals surface area contributed by atoms with Crippen molar-refractivity contribution in [2.24, 2.45) is 0 Å². The van der Waals surface area contributed by atoms with Gasteiger partial charge >= 0.3 is 6.18 Å². The molecule has 0 radical (unpaired) electrons. The first-order valence-electron chi connectivity index (χ1n) is 6.21. The van der Waals surface area contributed by atoms with Crippen molar-refractivity contribution in [2.45, 2.75) is 6.18 Å². The molecule has 0 saturated carbocycles. The maximum Gasteiger partial charge on any atom is 0.416 e. The van der Waals surface area contributed by atoms with Crippen molar-refractivity contribution < 1.29 is 13.2 Å². The van der Waals surface area contributed by atoms with Crippen molar-refractivity contribution >= 4 is 5.57 Å². The molecule has 1 aromatic carbocycles. The molecule has 0 aliphatic heterocycles. The Morgan fingerprint density at radius 1 is 1.14 bits per heavy atom. The van der Waals surface area contributed by atoms with Crippen LogP contribution in [0.5, 0.6) is 0 Å². The average molecular weight is 298 g/mol. The highest BCUT2D eigenvalue weighted by Gasteiger charge is 2.30. The molecule has 0 saturated heterocycles. The Balaban J connectivity index is 2.27. The number of rotatable bonds is 1. The van der Waals surface area contributed by atoms with Gasteiger partial charge in [0.25, 0.3) is 0 Å². The summed E-state index contributed by atoms with van der Waals surface area (Å²) in [7, 11) is 0. The van der Waals surface area contributed by atoms with Crippen LogP contribution >= 0.6 is 0 Å². The van der Waals surface area contributed by atoms with Gasteiger partial charge < -0.3 is 0 Å². The lowest BCUT2D eigenvalue weighted by Gasteiger charge is -2.05. The molecular weight excluding hydrogens is 289 g/mol. The van der Waals surface area contributed by atoms with Gasteiger partial charge in [-0.2, -0.15) is 18.4 Å². The predicted molar refractivity (Wildman–Crippen MR) is 76.1 cm³/mol. The zero-order chi connectivity index (χ0) is 16.0. The second-order valence-corrected chi connectivity index (χ2v) is 4.23. The molecule has 0 bridgehead atoms. The summed E-state index contributed by atoms with van der Waals surface area (Å²) < 4.78 is 37.7. The highest BCUT2D eigenvalue weighted by atomic mass is 19.4. The van der Waals surface area contributed by atoms with Gasteiger partial charge in [-0.1, -0.05) is 24.0 Å². The summed E-state index contributed by atoms with van der Waals surface area (Å²) in [6.45, 7) is 0. The lowest BCUT2D eigenvalue weighted by molar-refractivity contribution is -0.137. The van der Waals surface area contributed by atoms with Gasteiger partial charge in [-0.15, -0.1) is 0 Å². The summed E-state index contributed by atoms with van der Waals surface area (Å²) in [5.41, 5.74) is 0.182. The standard InChI is InChI=1S/C17H9F3N2/c18-17(19,20)15-8-4-6-13(11-15)5-3-7-14(12-21)16-9-1-2-10-22-16/h1-2,4,6-11H/b14-7+. The molecule has 22 heavy (non-hydrogen) atoms. The monoisotopic (exact) mass is 298 g/mol. The molecule has 108 valence electrons. The smallest absolute Gasteiger partial charge is 0.255 e. The molecule has 0 unspecified atom stereocenters. The summed E-state index contributed by atoms with van der Waals surface area (Å²) in [5, 5.41) is 9.05. The van der Waals surface area contributed by atoms with E-state index in [4.69, 9.17) is 5.26 Å². The van der Waals surface area contributed by atoms with Gasteiger partial charge in [-0.3, -0.25) is 4.98 Å². The number of nitrogens with zero attached hydrogens (tertiary/aromatic N) is 2. The maximum atomic E-state index is 12.6. The summed E-state index contributed by atoms with van der Waals surface area (Å²) in [6, 6.07) is 11.8. The summed E-state index contributed by atoms with van der Waals surface area (Å²) in [5.74, 6) is 5.17. The highest BCUT2D eigenvalue weighted by molar-refractivity contribution is 5.76. The molecule has 0 fully saturated rings. The van der Waals surface area contributed by atoms with Gasteiger partial charge in [-0.25, -0.2) is 0 Å². The molecule has 2 rings (SSSR count). The normalized spacial score (nSPS) is 11.3. The first kappa shape index (κ1) is 15.3. The SMILES string of the molecule is N#C/C(=C\C#Cc1cccc(C(F)(F)F)c1)c1ccccn1. The Morgan fingerprint density at radius 2 is 1.95 bits per heavy atom. The molecule has 2 aromatic rings. The van der Waals surface area contributed by atoms with Crippen molar-refractivity contribution in [2.75, 3.05) is 0 Å². The van der Waals surface area contributed by atoms with Crippen LogP contribution in [0.15, 0.2) is 54.7 Å². The largest absolute Gasteiger partial charge is 0.416 e. The number of halogens is 3. The number of aromatic nitrogens is 1. The number of benzene rings is 1. The van der Waals surface area contributed by atoms with E-state index in [9.17, 15) is 13.2 Å². The van der Waals surface area contributed by atoms with E-state index >= 15 is 0 Å². The molecule has 0 N–H and O–H groups in total. The second-order valence-electron chi connectivity index (χ2n) is 4.23. The molecule has 1 aromatic heterocycles. The van der Waals surface area contributed by atoms with Crippen LogP contribution in [-0.4, -0.2) is 4.98 Å². The number of alkyl halides is 3. The van der Waals surface area contributed by atoms with Gasteiger partial charge in [0.2, 0.25) is 0 Å². The Morgan fingerprint density at radius 3 is 2.59 bits per heavy atom. The third-order valence-corrected chi connectivity index (χ3v) is 2.68. The molecule has 1 heterocycles. The van der Waals surface area contributed by atoms with Crippen LogP contribution < -0.4 is 0 Å². The molecular formula is C17H9F3N2. The first-order valence-corrected chi connectivity index (χ1v) is 6.21. The molecule has 0 aliphatic carbocycles. The molecule has 0 aliphatic rings. The number of hydrogen-bond donors (Lipinski definition) is 0. The molecule has 5 heteroatoms. The zero-order valence-electron chi connectivity index (χ0n) is 11.2. The quantitative estimate of drug-likeness (QED) is 0.588. The van der Waals surface area contributed by atoms with E-state index in [0.717, 1.165) is 12.1 Å². The Hall–Kier alpha value is -3.05. The molecule has 0 spiro atoms. The van der Waals surface area contributed by atoms with Crippen LogP contribution in [0.25, 0.3) is 5.57 Å². The van der Waals surface area contributed by atoms with E-state index in [1.165, 1.54) is 18.2 Å². The molecule has 0 amide bonds. The number of hydrogen-bond acceptors (Lipinski definition) is 2.